The molecular formula is C28H22N2O. The summed E-state index contributed by atoms with van der Waals surface area (Å²) in [6, 6.07) is 38.6. The first-order chi connectivity index (χ1) is 15.3. The van der Waals surface area contributed by atoms with Crippen LogP contribution in [0.5, 0.6) is 0 Å². The Bertz CT molecular complexity index is 1280. The minimum absolute atomic E-state index is 0.0538. The van der Waals surface area contributed by atoms with Gasteiger partial charge < -0.3 is 0 Å². The third kappa shape index (κ3) is 3.86. The molecule has 0 radical (unpaired) electrons. The van der Waals surface area contributed by atoms with Crippen LogP contribution in [0.2, 0.25) is 0 Å². The Balaban J connectivity index is 1.51. The van der Waals surface area contributed by atoms with Gasteiger partial charge in [0.15, 0.2) is 0 Å². The second-order valence-corrected chi connectivity index (χ2v) is 7.52. The van der Waals surface area contributed by atoms with Gasteiger partial charge in [-0.1, -0.05) is 103 Å². The molecule has 0 aliphatic rings. The second-order valence-electron chi connectivity index (χ2n) is 7.52. The number of nitrogens with zero attached hydrogens (tertiary/aromatic N) is 1. The van der Waals surface area contributed by atoms with E-state index in [9.17, 15) is 4.79 Å². The molecule has 1 aromatic heterocycles. The van der Waals surface area contributed by atoms with Crippen LogP contribution < -0.4 is 5.43 Å². The zero-order valence-corrected chi connectivity index (χ0v) is 17.0. The molecule has 0 bridgehead atoms. The molecule has 0 fully saturated rings. The van der Waals surface area contributed by atoms with E-state index in [0.29, 0.717) is 6.42 Å². The molecule has 1 amide bonds. The van der Waals surface area contributed by atoms with Crippen LogP contribution in [0.1, 0.15) is 5.56 Å². The van der Waals surface area contributed by atoms with E-state index in [4.69, 9.17) is 0 Å². The highest BCUT2D eigenvalue weighted by atomic mass is 16.2. The summed E-state index contributed by atoms with van der Waals surface area (Å²) < 4.78 is 1.90. The van der Waals surface area contributed by atoms with Crippen LogP contribution in [0.4, 0.5) is 0 Å². The topological polar surface area (TPSA) is 34.0 Å². The Morgan fingerprint density at radius 1 is 0.613 bits per heavy atom. The highest BCUT2D eigenvalue weighted by Crippen LogP contribution is 2.28. The summed E-state index contributed by atoms with van der Waals surface area (Å²) >= 11 is 0. The summed E-state index contributed by atoms with van der Waals surface area (Å²) in [5.74, 6) is -0.0538. The van der Waals surface area contributed by atoms with Gasteiger partial charge in [0.25, 0.3) is 0 Å². The van der Waals surface area contributed by atoms with Crippen LogP contribution in [0.15, 0.2) is 115 Å². The number of hydrogen-bond acceptors (Lipinski definition) is 1. The molecule has 5 rings (SSSR count). The van der Waals surface area contributed by atoms with E-state index in [1.807, 2.05) is 65.3 Å². The van der Waals surface area contributed by atoms with E-state index in [2.05, 4.69) is 60.0 Å². The van der Waals surface area contributed by atoms with Gasteiger partial charge >= 0.3 is 0 Å². The Labute approximate surface area is 181 Å². The maximum Gasteiger partial charge on any atom is 0.243 e. The minimum Gasteiger partial charge on any atom is -0.273 e. The van der Waals surface area contributed by atoms with Crippen molar-refractivity contribution < 1.29 is 4.79 Å². The lowest BCUT2D eigenvalue weighted by Gasteiger charge is -2.16. The predicted molar refractivity (Wildman–Crippen MR) is 127 cm³/mol. The van der Waals surface area contributed by atoms with E-state index in [0.717, 1.165) is 38.9 Å². The summed E-state index contributed by atoms with van der Waals surface area (Å²) in [7, 11) is 0. The van der Waals surface area contributed by atoms with Crippen LogP contribution in [0.25, 0.3) is 33.3 Å². The summed E-state index contributed by atoms with van der Waals surface area (Å²) in [6.45, 7) is 0. The molecule has 31 heavy (non-hydrogen) atoms. The van der Waals surface area contributed by atoms with Gasteiger partial charge in [0.2, 0.25) is 5.91 Å². The number of amides is 1. The summed E-state index contributed by atoms with van der Waals surface area (Å²) in [6.07, 6.45) is 0.308. The molecule has 0 aliphatic carbocycles. The third-order valence-electron chi connectivity index (χ3n) is 5.49. The molecule has 0 unspecified atom stereocenters. The van der Waals surface area contributed by atoms with Crippen molar-refractivity contribution in [3.63, 3.8) is 0 Å². The predicted octanol–water partition coefficient (Wildman–Crippen LogP) is 6.29. The van der Waals surface area contributed by atoms with Gasteiger partial charge in [-0.25, -0.2) is 0 Å². The molecule has 1 N–H and O–H groups in total. The van der Waals surface area contributed by atoms with Crippen LogP contribution >= 0.6 is 0 Å². The van der Waals surface area contributed by atoms with Crippen LogP contribution in [-0.4, -0.2) is 10.6 Å². The maximum absolute atomic E-state index is 13.2. The van der Waals surface area contributed by atoms with Gasteiger partial charge in [0.05, 0.1) is 17.8 Å². The Morgan fingerprint density at radius 2 is 1.16 bits per heavy atom. The van der Waals surface area contributed by atoms with Gasteiger partial charge in [-0.05, 0) is 28.5 Å². The molecule has 0 atom stereocenters. The van der Waals surface area contributed by atoms with Gasteiger partial charge in [-0.15, -0.1) is 0 Å². The molecule has 5 aromatic rings. The fourth-order valence-corrected chi connectivity index (χ4v) is 4.01. The molecule has 0 aliphatic heterocycles. The SMILES string of the molecule is O=C(Cc1cccc2ccccc12)Nn1c(-c2ccccc2)ccc1-c1ccccc1. The zero-order valence-electron chi connectivity index (χ0n) is 17.0. The standard InChI is InChI=1S/C28H22N2O/c31-28(20-24-16-9-15-21-10-7-8-17-25(21)24)29-30-26(22-11-3-1-4-12-22)18-19-27(30)23-13-5-2-6-14-23/h1-19H,20H2,(H,29,31). The molecule has 3 heteroatoms. The number of carbonyl (C=O) groups excluding carboxylic acids is 1. The fourth-order valence-electron chi connectivity index (χ4n) is 4.01. The summed E-state index contributed by atoms with van der Waals surface area (Å²) in [5, 5.41) is 2.25. The number of benzene rings is 4. The van der Waals surface area contributed by atoms with Gasteiger partial charge in [-0.3, -0.25) is 14.9 Å². The third-order valence-corrected chi connectivity index (χ3v) is 5.49. The quantitative estimate of drug-likeness (QED) is 0.368. The van der Waals surface area contributed by atoms with Crippen molar-refractivity contribution in [2.75, 3.05) is 5.43 Å². The highest BCUT2D eigenvalue weighted by molar-refractivity contribution is 5.93. The molecule has 0 spiro atoms. The summed E-state index contributed by atoms with van der Waals surface area (Å²) in [5.41, 5.74) is 8.17. The Hall–Kier alpha value is -4.11. The number of hydrogen-bond donors (Lipinski definition) is 1. The van der Waals surface area contributed by atoms with Crippen molar-refractivity contribution in [2.45, 2.75) is 6.42 Å². The lowest BCUT2D eigenvalue weighted by molar-refractivity contribution is -0.116. The molecule has 0 saturated carbocycles. The Morgan fingerprint density at radius 3 is 1.81 bits per heavy atom. The van der Waals surface area contributed by atoms with Gasteiger partial charge in [0, 0.05) is 11.1 Å². The zero-order chi connectivity index (χ0) is 21.0. The molecule has 4 aromatic carbocycles. The highest BCUT2D eigenvalue weighted by Gasteiger charge is 2.15. The first kappa shape index (κ1) is 18.9. The number of carbonyl (C=O) groups is 1. The van der Waals surface area contributed by atoms with Crippen molar-refractivity contribution in [2.24, 2.45) is 0 Å². The lowest BCUT2D eigenvalue weighted by Crippen LogP contribution is -2.25. The number of fused-ring (bicyclic) bond motifs is 1. The van der Waals surface area contributed by atoms with Crippen LogP contribution in [-0.2, 0) is 11.2 Å². The van der Waals surface area contributed by atoms with E-state index >= 15 is 0 Å². The van der Waals surface area contributed by atoms with E-state index < -0.39 is 0 Å². The first-order valence-electron chi connectivity index (χ1n) is 10.4. The average molecular weight is 402 g/mol. The smallest absolute Gasteiger partial charge is 0.243 e. The number of aromatic nitrogens is 1. The molecular weight excluding hydrogens is 380 g/mol. The maximum atomic E-state index is 13.2. The number of rotatable bonds is 5. The normalized spacial score (nSPS) is 10.8. The fraction of sp³-hybridized carbons (Fsp3) is 0.0357. The van der Waals surface area contributed by atoms with Crippen molar-refractivity contribution in [3.8, 4) is 22.5 Å². The molecule has 3 nitrogen and oxygen atoms in total. The van der Waals surface area contributed by atoms with Crippen molar-refractivity contribution in [1.29, 1.82) is 0 Å². The molecule has 1 heterocycles. The van der Waals surface area contributed by atoms with Crippen molar-refractivity contribution >= 4 is 16.7 Å². The van der Waals surface area contributed by atoms with E-state index in [1.165, 1.54) is 0 Å². The van der Waals surface area contributed by atoms with Crippen molar-refractivity contribution in [1.82, 2.24) is 4.68 Å². The monoisotopic (exact) mass is 402 g/mol. The molecule has 150 valence electrons. The van der Waals surface area contributed by atoms with Crippen LogP contribution in [0, 0.1) is 0 Å². The van der Waals surface area contributed by atoms with E-state index in [-0.39, 0.29) is 5.91 Å². The lowest BCUT2D eigenvalue weighted by atomic mass is 10.0. The van der Waals surface area contributed by atoms with Gasteiger partial charge in [0.1, 0.15) is 0 Å². The van der Waals surface area contributed by atoms with E-state index in [1.54, 1.807) is 0 Å². The largest absolute Gasteiger partial charge is 0.273 e. The first-order valence-corrected chi connectivity index (χ1v) is 10.4. The number of nitrogens with one attached hydrogen (secondary N) is 1. The average Bonchev–Trinajstić information content (AvgIpc) is 3.24. The van der Waals surface area contributed by atoms with Gasteiger partial charge in [-0.2, -0.15) is 0 Å². The Kier molecular flexibility index (Phi) is 5.07. The van der Waals surface area contributed by atoms with Crippen molar-refractivity contribution in [3.05, 3.63) is 121 Å². The second kappa shape index (κ2) is 8.33. The summed E-state index contributed by atoms with van der Waals surface area (Å²) in [4.78, 5) is 13.2. The van der Waals surface area contributed by atoms with Crippen LogP contribution in [0.3, 0.4) is 0 Å². The minimum atomic E-state index is -0.0538. The molecule has 0 saturated heterocycles.